The van der Waals surface area contributed by atoms with Crippen LogP contribution in [-0.2, 0) is 11.3 Å². The molecule has 1 amide bonds. The first-order valence-corrected chi connectivity index (χ1v) is 9.38. The van der Waals surface area contributed by atoms with Gasteiger partial charge in [0.25, 0.3) is 5.91 Å². The number of quaternary nitrogens is 2. The van der Waals surface area contributed by atoms with Crippen LogP contribution < -0.4 is 15.1 Å². The van der Waals surface area contributed by atoms with E-state index in [-0.39, 0.29) is 17.8 Å². The van der Waals surface area contributed by atoms with Crippen molar-refractivity contribution < 1.29 is 19.0 Å². The van der Waals surface area contributed by atoms with E-state index >= 15 is 0 Å². The Morgan fingerprint density at radius 1 is 1.08 bits per heavy atom. The van der Waals surface area contributed by atoms with E-state index in [4.69, 9.17) is 11.6 Å². The molecule has 0 aliphatic carbocycles. The second kappa shape index (κ2) is 8.62. The van der Waals surface area contributed by atoms with Crippen LogP contribution in [0.3, 0.4) is 0 Å². The van der Waals surface area contributed by atoms with Crippen LogP contribution in [-0.4, -0.2) is 38.1 Å². The van der Waals surface area contributed by atoms with Gasteiger partial charge in [0.05, 0.1) is 0 Å². The maximum absolute atomic E-state index is 13.0. The van der Waals surface area contributed by atoms with Crippen molar-refractivity contribution in [2.45, 2.75) is 19.5 Å². The van der Waals surface area contributed by atoms with Crippen LogP contribution in [0.1, 0.15) is 12.5 Å². The summed E-state index contributed by atoms with van der Waals surface area (Å²) in [5, 5.41) is 3.64. The summed E-state index contributed by atoms with van der Waals surface area (Å²) in [5.74, 6) is -0.325. The maximum Gasteiger partial charge on any atom is 0.282 e. The topological polar surface area (TPSA) is 38.0 Å². The van der Waals surface area contributed by atoms with Gasteiger partial charge in [-0.25, -0.2) is 4.39 Å². The van der Waals surface area contributed by atoms with E-state index in [0.717, 1.165) is 37.7 Å². The molecule has 0 bridgehead atoms. The number of benzene rings is 2. The van der Waals surface area contributed by atoms with Crippen molar-refractivity contribution in [1.29, 1.82) is 0 Å². The Bertz CT molecular complexity index is 728. The Morgan fingerprint density at radius 2 is 1.69 bits per heavy atom. The van der Waals surface area contributed by atoms with Gasteiger partial charge in [0.2, 0.25) is 0 Å². The molecule has 3 N–H and O–H groups in total. The monoisotopic (exact) mass is 377 g/mol. The van der Waals surface area contributed by atoms with E-state index in [2.05, 4.69) is 17.4 Å². The molecule has 1 saturated heterocycles. The van der Waals surface area contributed by atoms with E-state index in [9.17, 15) is 9.18 Å². The molecule has 6 heteroatoms. The third-order valence-corrected chi connectivity index (χ3v) is 5.34. The first-order valence-electron chi connectivity index (χ1n) is 9.00. The number of carbonyl (C=O) groups excluding carboxylic acids is 1. The molecule has 1 heterocycles. The van der Waals surface area contributed by atoms with Gasteiger partial charge in [-0.3, -0.25) is 4.79 Å². The van der Waals surface area contributed by atoms with Gasteiger partial charge in [-0.05, 0) is 43.3 Å². The van der Waals surface area contributed by atoms with Gasteiger partial charge in [-0.1, -0.05) is 23.7 Å². The fraction of sp³-hybridized carbons (Fsp3) is 0.350. The Morgan fingerprint density at radius 3 is 2.31 bits per heavy atom. The first-order chi connectivity index (χ1) is 12.5. The van der Waals surface area contributed by atoms with E-state index < -0.39 is 0 Å². The summed E-state index contributed by atoms with van der Waals surface area (Å²) in [6.07, 6.45) is 0. The van der Waals surface area contributed by atoms with Crippen molar-refractivity contribution in [1.82, 2.24) is 0 Å². The molecule has 4 nitrogen and oxygen atoms in total. The zero-order valence-electron chi connectivity index (χ0n) is 14.9. The van der Waals surface area contributed by atoms with Crippen LogP contribution in [0.25, 0.3) is 0 Å². The SMILES string of the molecule is C[C@@H](C(=O)Nc1ccc(F)cc1)[NH+]1CC[NH+](Cc2ccc(Cl)cc2)CC1. The summed E-state index contributed by atoms with van der Waals surface area (Å²) in [6, 6.07) is 13.8. The molecular weight excluding hydrogens is 353 g/mol. The molecule has 2 aromatic carbocycles. The van der Waals surface area contributed by atoms with Crippen molar-refractivity contribution >= 4 is 23.2 Å². The number of anilines is 1. The minimum absolute atomic E-state index is 0.0206. The predicted molar refractivity (Wildman–Crippen MR) is 101 cm³/mol. The number of rotatable bonds is 5. The molecule has 0 spiro atoms. The van der Waals surface area contributed by atoms with E-state index in [0.29, 0.717) is 5.69 Å². The van der Waals surface area contributed by atoms with Gasteiger partial charge in [-0.2, -0.15) is 0 Å². The second-order valence-corrected chi connectivity index (χ2v) is 7.37. The predicted octanol–water partition coefficient (Wildman–Crippen LogP) is 0.790. The first kappa shape index (κ1) is 18.8. The van der Waals surface area contributed by atoms with Crippen molar-refractivity contribution in [3.05, 3.63) is 64.9 Å². The Labute approximate surface area is 158 Å². The Kier molecular flexibility index (Phi) is 6.25. The molecule has 0 unspecified atom stereocenters. The molecule has 3 rings (SSSR count). The lowest BCUT2D eigenvalue weighted by Gasteiger charge is -2.32. The number of nitrogens with one attached hydrogen (secondary N) is 3. The van der Waals surface area contributed by atoms with Crippen LogP contribution in [0.15, 0.2) is 48.5 Å². The molecule has 1 atom stereocenters. The maximum atomic E-state index is 13.0. The van der Waals surface area contributed by atoms with Gasteiger partial charge in [0, 0.05) is 16.3 Å². The van der Waals surface area contributed by atoms with E-state index in [1.807, 2.05) is 19.1 Å². The van der Waals surface area contributed by atoms with Gasteiger partial charge in [0.15, 0.2) is 6.04 Å². The number of amides is 1. The molecule has 26 heavy (non-hydrogen) atoms. The normalized spacial score (nSPS) is 21.2. The smallest absolute Gasteiger partial charge is 0.282 e. The van der Waals surface area contributed by atoms with Gasteiger partial charge < -0.3 is 15.1 Å². The molecule has 0 aromatic heterocycles. The lowest BCUT2D eigenvalue weighted by atomic mass is 10.1. The lowest BCUT2D eigenvalue weighted by molar-refractivity contribution is -1.02. The highest BCUT2D eigenvalue weighted by Gasteiger charge is 2.31. The van der Waals surface area contributed by atoms with Gasteiger partial charge in [0.1, 0.15) is 38.5 Å². The fourth-order valence-corrected chi connectivity index (χ4v) is 3.52. The minimum atomic E-state index is -0.304. The largest absolute Gasteiger partial charge is 0.322 e. The van der Waals surface area contributed by atoms with Crippen molar-refractivity contribution in [2.24, 2.45) is 0 Å². The highest BCUT2D eigenvalue weighted by molar-refractivity contribution is 6.30. The summed E-state index contributed by atoms with van der Waals surface area (Å²) in [7, 11) is 0. The molecular formula is C20H25ClFN3O+2. The Hall–Kier alpha value is -1.95. The zero-order valence-corrected chi connectivity index (χ0v) is 15.7. The third-order valence-electron chi connectivity index (χ3n) is 5.08. The summed E-state index contributed by atoms with van der Waals surface area (Å²) < 4.78 is 13.0. The Balaban J connectivity index is 1.48. The molecule has 0 radical (unpaired) electrons. The summed E-state index contributed by atoms with van der Waals surface area (Å²) in [4.78, 5) is 15.3. The highest BCUT2D eigenvalue weighted by Crippen LogP contribution is 2.09. The zero-order chi connectivity index (χ0) is 18.5. The average molecular weight is 378 g/mol. The van der Waals surface area contributed by atoms with Crippen molar-refractivity contribution in [3.8, 4) is 0 Å². The molecule has 1 aliphatic rings. The number of halogens is 2. The fourth-order valence-electron chi connectivity index (χ4n) is 3.39. The summed E-state index contributed by atoms with van der Waals surface area (Å²) in [5.41, 5.74) is 1.92. The quantitative estimate of drug-likeness (QED) is 0.708. The number of carbonyl (C=O) groups is 1. The highest BCUT2D eigenvalue weighted by atomic mass is 35.5. The summed E-state index contributed by atoms with van der Waals surface area (Å²) in [6.45, 7) is 6.93. The summed E-state index contributed by atoms with van der Waals surface area (Å²) >= 11 is 5.94. The van der Waals surface area contributed by atoms with Crippen molar-refractivity contribution in [3.63, 3.8) is 0 Å². The van der Waals surface area contributed by atoms with Crippen LogP contribution in [0, 0.1) is 5.82 Å². The van der Waals surface area contributed by atoms with Crippen LogP contribution in [0.4, 0.5) is 10.1 Å². The lowest BCUT2D eigenvalue weighted by Crippen LogP contribution is -3.29. The number of piperazine rings is 1. The second-order valence-electron chi connectivity index (χ2n) is 6.93. The van der Waals surface area contributed by atoms with Crippen LogP contribution >= 0.6 is 11.6 Å². The number of hydrogen-bond acceptors (Lipinski definition) is 1. The van der Waals surface area contributed by atoms with Crippen molar-refractivity contribution in [2.75, 3.05) is 31.5 Å². The van der Waals surface area contributed by atoms with Crippen LogP contribution in [0.2, 0.25) is 5.02 Å². The number of hydrogen-bond donors (Lipinski definition) is 3. The van der Waals surface area contributed by atoms with Gasteiger partial charge >= 0.3 is 0 Å². The third kappa shape index (κ3) is 5.04. The van der Waals surface area contributed by atoms with E-state index in [1.165, 1.54) is 27.5 Å². The average Bonchev–Trinajstić information content (AvgIpc) is 2.65. The van der Waals surface area contributed by atoms with Crippen LogP contribution in [0.5, 0.6) is 0 Å². The molecule has 1 aliphatic heterocycles. The molecule has 1 fully saturated rings. The standard InChI is InChI=1S/C20H23ClFN3O/c1-15(20(26)23-19-8-6-18(22)7-9-19)25-12-10-24(11-13-25)14-16-2-4-17(21)5-3-16/h2-9,15H,10-14H2,1H3,(H,23,26)/p+2/t15-/m0/s1. The molecule has 2 aromatic rings. The van der Waals surface area contributed by atoms with E-state index in [1.54, 1.807) is 12.1 Å². The molecule has 0 saturated carbocycles. The van der Waals surface area contributed by atoms with Gasteiger partial charge in [-0.15, -0.1) is 0 Å². The molecule has 138 valence electrons. The minimum Gasteiger partial charge on any atom is -0.322 e.